The summed E-state index contributed by atoms with van der Waals surface area (Å²) < 4.78 is 10.2. The van der Waals surface area contributed by atoms with Crippen LogP contribution in [0.25, 0.3) is 0 Å². The monoisotopic (exact) mass is 225 g/mol. The van der Waals surface area contributed by atoms with Crippen LogP contribution in [0.1, 0.15) is 24.2 Å². The van der Waals surface area contributed by atoms with Crippen molar-refractivity contribution in [2.45, 2.75) is 20.0 Å². The molecule has 0 amide bonds. The highest BCUT2D eigenvalue weighted by molar-refractivity contribution is 5.51. The fourth-order valence-corrected chi connectivity index (χ4v) is 1.52. The smallest absolute Gasteiger partial charge is 0.275 e. The third kappa shape index (κ3) is 2.30. The van der Waals surface area contributed by atoms with Crippen molar-refractivity contribution in [3.05, 3.63) is 33.4 Å². The summed E-state index contributed by atoms with van der Waals surface area (Å²) >= 11 is 0. The van der Waals surface area contributed by atoms with Gasteiger partial charge in [-0.25, -0.2) is 0 Å². The number of nitro groups is 1. The van der Waals surface area contributed by atoms with Crippen LogP contribution in [0.3, 0.4) is 0 Å². The molecule has 0 bridgehead atoms. The molecule has 1 rings (SSSR count). The molecule has 1 atom stereocenters. The number of nitrogens with zero attached hydrogens (tertiary/aromatic N) is 1. The van der Waals surface area contributed by atoms with Gasteiger partial charge in [0, 0.05) is 13.2 Å². The van der Waals surface area contributed by atoms with Crippen LogP contribution in [0.4, 0.5) is 5.69 Å². The molecule has 1 aromatic carbocycles. The van der Waals surface area contributed by atoms with Crippen molar-refractivity contribution in [3.8, 4) is 5.75 Å². The first kappa shape index (κ1) is 12.4. The lowest BCUT2D eigenvalue weighted by Gasteiger charge is -2.13. The van der Waals surface area contributed by atoms with Crippen LogP contribution in [0.15, 0.2) is 12.1 Å². The maximum absolute atomic E-state index is 10.9. The molecule has 88 valence electrons. The molecule has 0 saturated heterocycles. The number of aryl methyl sites for hydroxylation is 1. The van der Waals surface area contributed by atoms with E-state index in [2.05, 4.69) is 0 Å². The molecule has 0 heterocycles. The summed E-state index contributed by atoms with van der Waals surface area (Å²) in [6.07, 6.45) is -0.338. The van der Waals surface area contributed by atoms with Crippen LogP contribution >= 0.6 is 0 Å². The minimum absolute atomic E-state index is 0.0626. The first-order chi connectivity index (χ1) is 7.51. The Hall–Kier alpha value is -1.62. The summed E-state index contributed by atoms with van der Waals surface area (Å²) in [6, 6.07) is 3.16. The second-order valence-electron chi connectivity index (χ2n) is 3.52. The van der Waals surface area contributed by atoms with E-state index in [0.29, 0.717) is 11.3 Å². The van der Waals surface area contributed by atoms with Gasteiger partial charge in [-0.05, 0) is 25.5 Å². The Kier molecular flexibility index (Phi) is 3.84. The molecule has 0 N–H and O–H groups in total. The molecule has 0 aliphatic heterocycles. The molecule has 0 aliphatic carbocycles. The average molecular weight is 225 g/mol. The van der Waals surface area contributed by atoms with Crippen LogP contribution < -0.4 is 4.74 Å². The van der Waals surface area contributed by atoms with E-state index in [4.69, 9.17) is 9.47 Å². The number of hydrogen-bond donors (Lipinski definition) is 0. The van der Waals surface area contributed by atoms with Crippen molar-refractivity contribution in [1.29, 1.82) is 0 Å². The van der Waals surface area contributed by atoms with E-state index in [-0.39, 0.29) is 11.8 Å². The summed E-state index contributed by atoms with van der Waals surface area (Å²) in [5.41, 5.74) is 1.32. The molecule has 5 heteroatoms. The quantitative estimate of drug-likeness (QED) is 0.583. The molecular formula is C11H15NO4. The highest BCUT2D eigenvalue weighted by Crippen LogP contribution is 2.33. The van der Waals surface area contributed by atoms with Crippen LogP contribution in [0, 0.1) is 17.0 Å². The average Bonchev–Trinajstić information content (AvgIpc) is 2.27. The molecule has 1 unspecified atom stereocenters. The Balaban J connectivity index is 3.36. The molecule has 0 saturated carbocycles. The Morgan fingerprint density at radius 2 is 2.00 bits per heavy atom. The summed E-state index contributed by atoms with van der Waals surface area (Å²) in [7, 11) is 3.05. The topological polar surface area (TPSA) is 61.6 Å². The van der Waals surface area contributed by atoms with Crippen molar-refractivity contribution < 1.29 is 14.4 Å². The largest absolute Gasteiger partial charge is 0.496 e. The van der Waals surface area contributed by atoms with Gasteiger partial charge in [0.05, 0.1) is 23.7 Å². The number of nitro benzene ring substituents is 1. The molecule has 0 aliphatic rings. The maximum atomic E-state index is 10.9. The second kappa shape index (κ2) is 4.94. The van der Waals surface area contributed by atoms with Crippen LogP contribution in [0.5, 0.6) is 5.75 Å². The van der Waals surface area contributed by atoms with Gasteiger partial charge in [-0.1, -0.05) is 0 Å². The molecular weight excluding hydrogens is 210 g/mol. The summed E-state index contributed by atoms with van der Waals surface area (Å²) in [6.45, 7) is 3.53. The lowest BCUT2D eigenvalue weighted by Crippen LogP contribution is -2.03. The molecule has 0 radical (unpaired) electrons. The van der Waals surface area contributed by atoms with Gasteiger partial charge in [0.15, 0.2) is 0 Å². The third-order valence-corrected chi connectivity index (χ3v) is 2.53. The molecule has 0 aromatic heterocycles. The number of benzene rings is 1. The lowest BCUT2D eigenvalue weighted by molar-refractivity contribution is -0.386. The molecule has 16 heavy (non-hydrogen) atoms. The van der Waals surface area contributed by atoms with E-state index < -0.39 is 4.92 Å². The zero-order chi connectivity index (χ0) is 12.3. The molecule has 0 spiro atoms. The fourth-order valence-electron chi connectivity index (χ4n) is 1.52. The van der Waals surface area contributed by atoms with Gasteiger partial charge in [0.25, 0.3) is 5.69 Å². The zero-order valence-electron chi connectivity index (χ0n) is 9.81. The van der Waals surface area contributed by atoms with Gasteiger partial charge in [-0.2, -0.15) is 0 Å². The Morgan fingerprint density at radius 3 is 2.44 bits per heavy atom. The maximum Gasteiger partial charge on any atom is 0.275 e. The second-order valence-corrected chi connectivity index (χ2v) is 3.52. The highest BCUT2D eigenvalue weighted by Gasteiger charge is 2.21. The van der Waals surface area contributed by atoms with Crippen molar-refractivity contribution in [2.75, 3.05) is 14.2 Å². The van der Waals surface area contributed by atoms with Gasteiger partial charge < -0.3 is 9.47 Å². The standard InChI is InChI=1S/C11H15NO4/c1-7-5-10(12(13)14)9(8(2)15-3)6-11(7)16-4/h5-6,8H,1-4H3. The van der Waals surface area contributed by atoms with Crippen molar-refractivity contribution in [1.82, 2.24) is 0 Å². The van der Waals surface area contributed by atoms with Gasteiger partial charge in [0.1, 0.15) is 5.75 Å². The Labute approximate surface area is 94.1 Å². The molecule has 0 fully saturated rings. The van der Waals surface area contributed by atoms with Crippen LogP contribution in [-0.4, -0.2) is 19.1 Å². The molecule has 1 aromatic rings. The SMILES string of the molecule is COc1cc(C(C)OC)c([N+](=O)[O-])cc1C. The minimum Gasteiger partial charge on any atom is -0.496 e. The normalized spacial score (nSPS) is 12.2. The van der Waals surface area contributed by atoms with Crippen molar-refractivity contribution in [2.24, 2.45) is 0 Å². The van der Waals surface area contributed by atoms with Crippen LogP contribution in [-0.2, 0) is 4.74 Å². The van der Waals surface area contributed by atoms with Gasteiger partial charge in [0.2, 0.25) is 0 Å². The van der Waals surface area contributed by atoms with Gasteiger partial charge in [-0.3, -0.25) is 10.1 Å². The lowest BCUT2D eigenvalue weighted by atomic mass is 10.0. The Morgan fingerprint density at radius 1 is 1.38 bits per heavy atom. The number of hydrogen-bond acceptors (Lipinski definition) is 4. The summed E-state index contributed by atoms with van der Waals surface area (Å²) in [4.78, 5) is 10.5. The predicted octanol–water partition coefficient (Wildman–Crippen LogP) is 2.62. The number of methoxy groups -OCH3 is 2. The predicted molar refractivity (Wildman–Crippen MR) is 59.8 cm³/mol. The summed E-state index contributed by atoms with van der Waals surface area (Å²) in [5.74, 6) is 0.629. The van der Waals surface area contributed by atoms with Gasteiger partial charge in [-0.15, -0.1) is 0 Å². The third-order valence-electron chi connectivity index (χ3n) is 2.53. The fraction of sp³-hybridized carbons (Fsp3) is 0.455. The van der Waals surface area contributed by atoms with Crippen molar-refractivity contribution in [3.63, 3.8) is 0 Å². The Bertz CT molecular complexity index is 403. The minimum atomic E-state index is -0.405. The van der Waals surface area contributed by atoms with E-state index in [1.807, 2.05) is 0 Å². The highest BCUT2D eigenvalue weighted by atomic mass is 16.6. The summed E-state index contributed by atoms with van der Waals surface area (Å²) in [5, 5.41) is 10.9. The van der Waals surface area contributed by atoms with Gasteiger partial charge >= 0.3 is 0 Å². The zero-order valence-corrected chi connectivity index (χ0v) is 9.81. The number of rotatable bonds is 4. The van der Waals surface area contributed by atoms with E-state index in [9.17, 15) is 10.1 Å². The number of ether oxygens (including phenoxy) is 2. The van der Waals surface area contributed by atoms with Crippen LogP contribution in [0.2, 0.25) is 0 Å². The van der Waals surface area contributed by atoms with E-state index in [1.54, 1.807) is 19.9 Å². The van der Waals surface area contributed by atoms with E-state index in [1.165, 1.54) is 20.3 Å². The molecule has 5 nitrogen and oxygen atoms in total. The van der Waals surface area contributed by atoms with Crippen molar-refractivity contribution >= 4 is 5.69 Å². The first-order valence-corrected chi connectivity index (χ1v) is 4.87. The first-order valence-electron chi connectivity index (χ1n) is 4.87. The van der Waals surface area contributed by atoms with E-state index in [0.717, 1.165) is 5.56 Å². The van der Waals surface area contributed by atoms with E-state index >= 15 is 0 Å².